The molecule has 7 heteroatoms. The van der Waals surface area contributed by atoms with Crippen LogP contribution in [0.2, 0.25) is 5.02 Å². The van der Waals surface area contributed by atoms with Crippen molar-refractivity contribution in [3.63, 3.8) is 0 Å². The van der Waals surface area contributed by atoms with Gasteiger partial charge in [-0.3, -0.25) is 4.79 Å². The van der Waals surface area contributed by atoms with Gasteiger partial charge in [-0.25, -0.2) is 4.98 Å². The van der Waals surface area contributed by atoms with E-state index in [0.717, 1.165) is 22.6 Å². The average molecular weight is 416 g/mol. The lowest BCUT2D eigenvalue weighted by molar-refractivity contribution is 0.0936. The number of carbonyl (C=O) groups excluding carboxylic acids is 1. The van der Waals surface area contributed by atoms with Gasteiger partial charge >= 0.3 is 0 Å². The van der Waals surface area contributed by atoms with Crippen LogP contribution in [-0.2, 0) is 12.2 Å². The van der Waals surface area contributed by atoms with Gasteiger partial charge in [0.25, 0.3) is 5.91 Å². The van der Waals surface area contributed by atoms with Crippen molar-refractivity contribution < 1.29 is 9.32 Å². The zero-order valence-electron chi connectivity index (χ0n) is 16.0. The summed E-state index contributed by atoms with van der Waals surface area (Å²) in [6, 6.07) is 11.2. The molecule has 3 rings (SSSR count). The number of aryl methyl sites for hydroxylation is 2. The lowest BCUT2D eigenvalue weighted by Gasteiger charge is -2.15. The number of pyridine rings is 1. The lowest BCUT2D eigenvalue weighted by atomic mass is 10.1. The van der Waals surface area contributed by atoms with E-state index in [9.17, 15) is 4.79 Å². The third kappa shape index (κ3) is 5.14. The highest BCUT2D eigenvalue weighted by Gasteiger charge is 2.17. The highest BCUT2D eigenvalue weighted by atomic mass is 35.5. The topological polar surface area (TPSA) is 68.0 Å². The maximum atomic E-state index is 12.8. The Morgan fingerprint density at radius 3 is 2.82 bits per heavy atom. The first-order valence-corrected chi connectivity index (χ1v) is 10.3. The van der Waals surface area contributed by atoms with Gasteiger partial charge in [0.15, 0.2) is 0 Å². The first kappa shape index (κ1) is 20.4. The lowest BCUT2D eigenvalue weighted by Crippen LogP contribution is -2.34. The van der Waals surface area contributed by atoms with Crippen molar-refractivity contribution in [2.75, 3.05) is 0 Å². The molecule has 0 saturated carbocycles. The maximum Gasteiger partial charge on any atom is 0.254 e. The van der Waals surface area contributed by atoms with Gasteiger partial charge in [0.2, 0.25) is 0 Å². The van der Waals surface area contributed by atoms with Crippen molar-refractivity contribution in [1.82, 2.24) is 15.5 Å². The van der Waals surface area contributed by atoms with E-state index in [-0.39, 0.29) is 11.9 Å². The van der Waals surface area contributed by atoms with Crippen LogP contribution in [0.3, 0.4) is 0 Å². The first-order chi connectivity index (χ1) is 13.4. The molecule has 0 aliphatic carbocycles. The van der Waals surface area contributed by atoms with E-state index in [1.807, 2.05) is 45.0 Å². The average Bonchev–Trinajstić information content (AvgIpc) is 2.98. The summed E-state index contributed by atoms with van der Waals surface area (Å²) in [6.07, 6.45) is 2.40. The summed E-state index contributed by atoms with van der Waals surface area (Å²) in [5, 5.41) is 8.41. The van der Waals surface area contributed by atoms with Crippen molar-refractivity contribution in [3.05, 3.63) is 75.8 Å². The molecule has 1 atom stereocenters. The van der Waals surface area contributed by atoms with Gasteiger partial charge in [0, 0.05) is 28.6 Å². The number of hydrogen-bond donors (Lipinski definition) is 1. The summed E-state index contributed by atoms with van der Waals surface area (Å²) in [7, 11) is 0. The van der Waals surface area contributed by atoms with E-state index in [2.05, 4.69) is 15.5 Å². The number of nitrogens with zero attached hydrogens (tertiary/aromatic N) is 2. The summed E-state index contributed by atoms with van der Waals surface area (Å²) in [5.74, 6) is 1.31. The molecule has 0 aliphatic heterocycles. The third-order valence-corrected chi connectivity index (χ3v) is 5.63. The Balaban J connectivity index is 1.66. The van der Waals surface area contributed by atoms with Crippen molar-refractivity contribution in [1.29, 1.82) is 0 Å². The summed E-state index contributed by atoms with van der Waals surface area (Å²) in [4.78, 5) is 17.2. The van der Waals surface area contributed by atoms with Crippen LogP contribution in [0.5, 0.6) is 0 Å². The van der Waals surface area contributed by atoms with Gasteiger partial charge in [-0.1, -0.05) is 28.9 Å². The van der Waals surface area contributed by atoms with Crippen molar-refractivity contribution in [2.24, 2.45) is 0 Å². The fraction of sp³-hybridized carbons (Fsp3) is 0.286. The zero-order chi connectivity index (χ0) is 20.1. The molecule has 2 heterocycles. The number of amides is 1. The molecule has 0 bridgehead atoms. The van der Waals surface area contributed by atoms with E-state index < -0.39 is 0 Å². The molecular formula is C21H22ClN3O2S. The van der Waals surface area contributed by atoms with Crippen LogP contribution >= 0.6 is 23.4 Å². The molecule has 0 radical (unpaired) electrons. The molecular weight excluding hydrogens is 394 g/mol. The molecule has 1 N–H and O–H groups in total. The Hall–Kier alpha value is -2.31. The maximum absolute atomic E-state index is 12.8. The summed E-state index contributed by atoms with van der Waals surface area (Å²) < 4.78 is 5.21. The number of halogens is 1. The third-order valence-electron chi connectivity index (χ3n) is 4.36. The molecule has 2 aromatic heterocycles. The fourth-order valence-electron chi connectivity index (χ4n) is 2.90. The van der Waals surface area contributed by atoms with Crippen LogP contribution in [-0.4, -0.2) is 22.1 Å². The van der Waals surface area contributed by atoms with Crippen LogP contribution in [0, 0.1) is 13.8 Å². The molecule has 1 aromatic carbocycles. The molecule has 0 aliphatic rings. The zero-order valence-corrected chi connectivity index (χ0v) is 17.6. The van der Waals surface area contributed by atoms with Crippen molar-refractivity contribution in [2.45, 2.75) is 44.0 Å². The van der Waals surface area contributed by atoms with Gasteiger partial charge in [-0.05, 0) is 57.0 Å². The second kappa shape index (κ2) is 9.26. The highest BCUT2D eigenvalue weighted by Crippen LogP contribution is 2.27. The molecule has 0 spiro atoms. The van der Waals surface area contributed by atoms with Crippen molar-refractivity contribution in [3.8, 4) is 0 Å². The molecule has 1 amide bonds. The number of aromatic nitrogens is 2. The normalized spacial score (nSPS) is 12.0. The van der Waals surface area contributed by atoms with Crippen LogP contribution < -0.4 is 5.32 Å². The molecule has 0 unspecified atom stereocenters. The smallest absolute Gasteiger partial charge is 0.254 e. The minimum absolute atomic E-state index is 0.0356. The number of hydrogen-bond acceptors (Lipinski definition) is 5. The molecule has 146 valence electrons. The molecule has 3 aromatic rings. The van der Waals surface area contributed by atoms with Crippen LogP contribution in [0.1, 0.15) is 39.9 Å². The van der Waals surface area contributed by atoms with E-state index >= 15 is 0 Å². The molecule has 28 heavy (non-hydrogen) atoms. The number of nitrogens with one attached hydrogen (secondary N) is 1. The van der Waals surface area contributed by atoms with E-state index in [4.69, 9.17) is 16.1 Å². The predicted octanol–water partition coefficient (Wildman–Crippen LogP) is 4.99. The quantitative estimate of drug-likeness (QED) is 0.550. The van der Waals surface area contributed by atoms with Crippen LogP contribution in [0.15, 0.2) is 52.1 Å². The van der Waals surface area contributed by atoms with E-state index in [1.54, 1.807) is 18.3 Å². The Morgan fingerprint density at radius 1 is 1.29 bits per heavy atom. The minimum Gasteiger partial charge on any atom is -0.361 e. The van der Waals surface area contributed by atoms with Gasteiger partial charge < -0.3 is 9.84 Å². The van der Waals surface area contributed by atoms with Gasteiger partial charge in [-0.15, -0.1) is 11.8 Å². The molecule has 0 saturated heterocycles. The Kier molecular flexibility index (Phi) is 6.75. The predicted molar refractivity (Wildman–Crippen MR) is 112 cm³/mol. The minimum atomic E-state index is -0.135. The van der Waals surface area contributed by atoms with Crippen LogP contribution in [0.4, 0.5) is 0 Å². The first-order valence-electron chi connectivity index (χ1n) is 8.99. The SMILES string of the molecule is Cc1noc(C)c1CSc1ncccc1C(=O)N[C@H](C)Cc1cccc(Cl)c1. The van der Waals surface area contributed by atoms with E-state index in [0.29, 0.717) is 27.8 Å². The number of rotatable bonds is 7. The summed E-state index contributed by atoms with van der Waals surface area (Å²) in [5.41, 5.74) is 3.55. The molecule has 0 fully saturated rings. The summed E-state index contributed by atoms with van der Waals surface area (Å²) in [6.45, 7) is 5.78. The Labute approximate surface area is 173 Å². The highest BCUT2D eigenvalue weighted by molar-refractivity contribution is 7.98. The largest absolute Gasteiger partial charge is 0.361 e. The Bertz CT molecular complexity index is 954. The van der Waals surface area contributed by atoms with Gasteiger partial charge in [0.05, 0.1) is 11.3 Å². The van der Waals surface area contributed by atoms with Gasteiger partial charge in [0.1, 0.15) is 10.8 Å². The standard InChI is InChI=1S/C21H22ClN3O2S/c1-13(10-16-6-4-7-17(22)11-16)24-20(26)18-8-5-9-23-21(18)28-12-19-14(2)25-27-15(19)3/h4-9,11,13H,10,12H2,1-3H3,(H,24,26)/t13-/m1/s1. The number of thioether (sulfide) groups is 1. The number of benzene rings is 1. The second-order valence-electron chi connectivity index (χ2n) is 6.66. The van der Waals surface area contributed by atoms with Crippen molar-refractivity contribution >= 4 is 29.3 Å². The second-order valence-corrected chi connectivity index (χ2v) is 8.06. The molecule has 5 nitrogen and oxygen atoms in total. The van der Waals surface area contributed by atoms with E-state index in [1.165, 1.54) is 11.8 Å². The fourth-order valence-corrected chi connectivity index (χ4v) is 4.25. The van der Waals surface area contributed by atoms with Gasteiger partial charge in [-0.2, -0.15) is 0 Å². The van der Waals surface area contributed by atoms with Crippen LogP contribution in [0.25, 0.3) is 0 Å². The number of carbonyl (C=O) groups is 1. The summed E-state index contributed by atoms with van der Waals surface area (Å²) >= 11 is 7.55. The Morgan fingerprint density at radius 2 is 2.11 bits per heavy atom. The monoisotopic (exact) mass is 415 g/mol.